The zero-order chi connectivity index (χ0) is 17.6. The summed E-state index contributed by atoms with van der Waals surface area (Å²) in [5.74, 6) is 0.0897. The predicted molar refractivity (Wildman–Crippen MR) is 92.6 cm³/mol. The number of benzene rings is 1. The van der Waals surface area contributed by atoms with Crippen LogP contribution in [0.4, 0.5) is 5.69 Å². The monoisotopic (exact) mass is 351 g/mol. The number of para-hydroxylation sites is 1. The fourth-order valence-corrected chi connectivity index (χ4v) is 2.68. The molecule has 2 heterocycles. The van der Waals surface area contributed by atoms with Crippen LogP contribution in [0.3, 0.4) is 0 Å². The number of carbonyl (C=O) groups is 1. The van der Waals surface area contributed by atoms with Gasteiger partial charge in [-0.3, -0.25) is 9.78 Å². The summed E-state index contributed by atoms with van der Waals surface area (Å²) in [6.45, 7) is 1.73. The van der Waals surface area contributed by atoms with E-state index in [0.717, 1.165) is 11.8 Å². The van der Waals surface area contributed by atoms with Gasteiger partial charge in [-0.15, -0.1) is 10.2 Å². The Kier molecular flexibility index (Phi) is 5.06. The second kappa shape index (κ2) is 7.59. The van der Waals surface area contributed by atoms with Crippen molar-refractivity contribution < 1.29 is 9.21 Å². The molecule has 0 saturated carbocycles. The van der Waals surface area contributed by atoms with Crippen LogP contribution < -0.4 is 5.32 Å². The van der Waals surface area contributed by atoms with Crippen molar-refractivity contribution in [3.63, 3.8) is 0 Å². The van der Waals surface area contributed by atoms with Gasteiger partial charge in [-0.25, -0.2) is 0 Å². The summed E-state index contributed by atoms with van der Waals surface area (Å²) in [6.07, 6.45) is 3.28. The Hall–Kier alpha value is -3.18. The molecule has 25 heavy (non-hydrogen) atoms. The Labute approximate surface area is 148 Å². The van der Waals surface area contributed by atoms with Gasteiger partial charge in [0.2, 0.25) is 11.8 Å². The van der Waals surface area contributed by atoms with Crippen molar-refractivity contribution in [3.8, 4) is 17.5 Å². The summed E-state index contributed by atoms with van der Waals surface area (Å²) in [5.41, 5.74) is 1.59. The van der Waals surface area contributed by atoms with Gasteiger partial charge in [0.25, 0.3) is 5.22 Å². The van der Waals surface area contributed by atoms with Gasteiger partial charge >= 0.3 is 0 Å². The topological polar surface area (TPSA) is 105 Å². The summed E-state index contributed by atoms with van der Waals surface area (Å²) < 4.78 is 5.55. The molecule has 2 aromatic heterocycles. The minimum atomic E-state index is -0.478. The Morgan fingerprint density at radius 2 is 2.12 bits per heavy atom. The summed E-state index contributed by atoms with van der Waals surface area (Å²) in [4.78, 5) is 16.3. The first kappa shape index (κ1) is 16.7. The molecule has 1 aromatic carbocycles. The van der Waals surface area contributed by atoms with Gasteiger partial charge in [-0.2, -0.15) is 5.26 Å². The lowest BCUT2D eigenvalue weighted by Gasteiger charge is -2.10. The van der Waals surface area contributed by atoms with Crippen LogP contribution in [-0.4, -0.2) is 26.3 Å². The first-order valence-corrected chi connectivity index (χ1v) is 8.26. The number of amides is 1. The molecule has 8 heteroatoms. The summed E-state index contributed by atoms with van der Waals surface area (Å²) in [5, 5.41) is 19.5. The lowest BCUT2D eigenvalue weighted by molar-refractivity contribution is -0.115. The molecule has 0 spiro atoms. The number of nitrogens with zero attached hydrogens (tertiary/aromatic N) is 4. The average Bonchev–Trinajstić information content (AvgIpc) is 3.11. The van der Waals surface area contributed by atoms with Crippen LogP contribution >= 0.6 is 11.8 Å². The summed E-state index contributed by atoms with van der Waals surface area (Å²) >= 11 is 1.14. The Morgan fingerprint density at radius 1 is 1.28 bits per heavy atom. The van der Waals surface area contributed by atoms with Crippen molar-refractivity contribution >= 4 is 23.4 Å². The third-order valence-corrected chi connectivity index (χ3v) is 4.20. The molecule has 0 fully saturated rings. The van der Waals surface area contributed by atoms with E-state index in [0.29, 0.717) is 22.7 Å². The molecule has 0 unspecified atom stereocenters. The number of aromatic nitrogens is 3. The van der Waals surface area contributed by atoms with Crippen molar-refractivity contribution in [2.75, 3.05) is 5.32 Å². The number of thioether (sulfide) groups is 1. The second-order valence-electron chi connectivity index (χ2n) is 5.02. The quantitative estimate of drug-likeness (QED) is 0.704. The molecule has 7 nitrogen and oxygen atoms in total. The zero-order valence-electron chi connectivity index (χ0n) is 13.2. The first-order chi connectivity index (χ1) is 12.2. The van der Waals surface area contributed by atoms with Crippen LogP contribution in [0.2, 0.25) is 0 Å². The molecule has 0 bridgehead atoms. The average molecular weight is 351 g/mol. The number of pyridine rings is 1. The van der Waals surface area contributed by atoms with Crippen molar-refractivity contribution in [1.82, 2.24) is 15.2 Å². The van der Waals surface area contributed by atoms with E-state index in [1.54, 1.807) is 49.6 Å². The van der Waals surface area contributed by atoms with E-state index in [1.807, 2.05) is 12.1 Å². The molecular weight excluding hydrogens is 338 g/mol. The highest BCUT2D eigenvalue weighted by molar-refractivity contribution is 8.00. The first-order valence-electron chi connectivity index (χ1n) is 7.38. The van der Waals surface area contributed by atoms with Gasteiger partial charge in [0.1, 0.15) is 6.07 Å². The smallest absolute Gasteiger partial charge is 0.277 e. The van der Waals surface area contributed by atoms with Crippen molar-refractivity contribution in [3.05, 3.63) is 54.4 Å². The highest BCUT2D eigenvalue weighted by atomic mass is 32.2. The van der Waals surface area contributed by atoms with Gasteiger partial charge in [0.05, 0.1) is 22.1 Å². The van der Waals surface area contributed by atoms with E-state index in [9.17, 15) is 4.79 Å². The van der Waals surface area contributed by atoms with Crippen molar-refractivity contribution in [2.45, 2.75) is 17.4 Å². The van der Waals surface area contributed by atoms with Crippen LogP contribution in [0.25, 0.3) is 11.5 Å². The number of carbonyl (C=O) groups excluding carboxylic acids is 1. The van der Waals surface area contributed by atoms with E-state index in [2.05, 4.69) is 20.5 Å². The molecule has 0 aliphatic carbocycles. The zero-order valence-corrected chi connectivity index (χ0v) is 14.0. The summed E-state index contributed by atoms with van der Waals surface area (Å²) in [6, 6.07) is 12.4. The Bertz CT molecular complexity index is 920. The lowest BCUT2D eigenvalue weighted by atomic mass is 10.2. The third kappa shape index (κ3) is 4.02. The normalized spacial score (nSPS) is 11.5. The molecule has 1 N–H and O–H groups in total. The Balaban J connectivity index is 1.66. The minimum Gasteiger partial charge on any atom is -0.411 e. The predicted octanol–water partition coefficient (Wildman–Crippen LogP) is 3.12. The van der Waals surface area contributed by atoms with E-state index in [-0.39, 0.29) is 11.1 Å². The van der Waals surface area contributed by atoms with Crippen molar-refractivity contribution in [1.29, 1.82) is 5.26 Å². The van der Waals surface area contributed by atoms with E-state index in [4.69, 9.17) is 9.68 Å². The molecule has 0 radical (unpaired) electrons. The number of anilines is 1. The van der Waals surface area contributed by atoms with Crippen LogP contribution in [0.1, 0.15) is 12.5 Å². The third-order valence-electron chi connectivity index (χ3n) is 3.27. The highest BCUT2D eigenvalue weighted by Crippen LogP contribution is 2.26. The van der Waals surface area contributed by atoms with Crippen molar-refractivity contribution in [2.24, 2.45) is 0 Å². The summed E-state index contributed by atoms with van der Waals surface area (Å²) in [7, 11) is 0. The number of hydrogen-bond acceptors (Lipinski definition) is 7. The number of nitrogens with one attached hydrogen (secondary N) is 1. The molecule has 0 saturated heterocycles. The molecule has 1 atom stereocenters. The van der Waals surface area contributed by atoms with E-state index >= 15 is 0 Å². The number of rotatable bonds is 5. The largest absolute Gasteiger partial charge is 0.411 e. The van der Waals surface area contributed by atoms with E-state index in [1.165, 1.54) is 0 Å². The second-order valence-corrected chi connectivity index (χ2v) is 6.31. The highest BCUT2D eigenvalue weighted by Gasteiger charge is 2.19. The standard InChI is InChI=1S/C17H13N5O2S/c1-11(15(23)20-14-7-3-2-5-12(14)9-18)25-17-22-21-16(24-17)13-6-4-8-19-10-13/h2-8,10-11H,1H3,(H,20,23)/t11-/m1/s1. The SMILES string of the molecule is C[C@@H](Sc1nnc(-c2cccnc2)o1)C(=O)Nc1ccccc1C#N. The lowest BCUT2D eigenvalue weighted by Crippen LogP contribution is -2.22. The van der Waals surface area contributed by atoms with Crippen LogP contribution in [0.15, 0.2) is 58.4 Å². The maximum Gasteiger partial charge on any atom is 0.277 e. The molecule has 0 aliphatic heterocycles. The molecular formula is C17H13N5O2S. The molecule has 124 valence electrons. The van der Waals surface area contributed by atoms with Gasteiger partial charge in [-0.05, 0) is 31.2 Å². The maximum atomic E-state index is 12.3. The van der Waals surface area contributed by atoms with Gasteiger partial charge in [-0.1, -0.05) is 23.9 Å². The van der Waals surface area contributed by atoms with Crippen LogP contribution in [-0.2, 0) is 4.79 Å². The van der Waals surface area contributed by atoms with Crippen LogP contribution in [0.5, 0.6) is 0 Å². The molecule has 3 rings (SSSR count). The van der Waals surface area contributed by atoms with Crippen LogP contribution in [0, 0.1) is 11.3 Å². The number of nitriles is 1. The fraction of sp³-hybridized carbons (Fsp3) is 0.118. The Morgan fingerprint density at radius 3 is 2.88 bits per heavy atom. The van der Waals surface area contributed by atoms with E-state index < -0.39 is 5.25 Å². The van der Waals surface area contributed by atoms with Gasteiger partial charge < -0.3 is 9.73 Å². The fourth-order valence-electron chi connectivity index (χ4n) is 1.99. The maximum absolute atomic E-state index is 12.3. The van der Waals surface area contributed by atoms with Gasteiger partial charge in [0, 0.05) is 12.4 Å². The molecule has 1 amide bonds. The minimum absolute atomic E-state index is 0.256. The van der Waals surface area contributed by atoms with Gasteiger partial charge in [0.15, 0.2) is 0 Å². The molecule has 3 aromatic rings. The number of hydrogen-bond donors (Lipinski definition) is 1. The molecule has 0 aliphatic rings.